The van der Waals surface area contributed by atoms with Crippen LogP contribution < -0.4 is 10.0 Å². The first-order valence-electron chi connectivity index (χ1n) is 10.2. The summed E-state index contributed by atoms with van der Waals surface area (Å²) in [5.41, 5.74) is 0. The van der Waals surface area contributed by atoms with Gasteiger partial charge in [-0.1, -0.05) is 0 Å². The molecule has 2 aliphatic rings. The molecular weight excluding hydrogens is 442 g/mol. The summed E-state index contributed by atoms with van der Waals surface area (Å²) in [6, 6.07) is 8.76. The van der Waals surface area contributed by atoms with Crippen LogP contribution in [-0.4, -0.2) is 46.2 Å². The zero-order valence-electron chi connectivity index (χ0n) is 16.9. The maximum Gasteiger partial charge on any atom is 0.243 e. The summed E-state index contributed by atoms with van der Waals surface area (Å²) >= 11 is 0. The lowest BCUT2D eigenvalue weighted by atomic mass is 9.97. The third kappa shape index (κ3) is 5.17. The van der Waals surface area contributed by atoms with E-state index in [4.69, 9.17) is 4.42 Å². The molecule has 0 unspecified atom stereocenters. The van der Waals surface area contributed by atoms with Gasteiger partial charge in [0.15, 0.2) is 0 Å². The van der Waals surface area contributed by atoms with Crippen LogP contribution in [0.1, 0.15) is 31.4 Å². The second kappa shape index (κ2) is 8.73. The van der Waals surface area contributed by atoms with E-state index in [1.165, 1.54) is 34.8 Å². The Morgan fingerprint density at radius 3 is 2.19 bits per heavy atom. The van der Waals surface area contributed by atoms with E-state index in [0.717, 1.165) is 12.8 Å². The van der Waals surface area contributed by atoms with Gasteiger partial charge in [-0.3, -0.25) is 4.79 Å². The van der Waals surface area contributed by atoms with Crippen molar-refractivity contribution in [3.63, 3.8) is 0 Å². The molecule has 0 atom stereocenters. The van der Waals surface area contributed by atoms with Crippen molar-refractivity contribution < 1.29 is 26.0 Å². The van der Waals surface area contributed by atoms with Crippen LogP contribution in [0.5, 0.6) is 0 Å². The topological polar surface area (TPSA) is 126 Å². The zero-order chi connectivity index (χ0) is 22.1. The molecule has 0 spiro atoms. The normalized spacial score (nSPS) is 18.7. The van der Waals surface area contributed by atoms with Crippen molar-refractivity contribution in [1.29, 1.82) is 0 Å². The van der Waals surface area contributed by atoms with E-state index in [9.17, 15) is 21.6 Å². The Kier molecular flexibility index (Phi) is 6.20. The molecule has 4 rings (SSSR count). The molecule has 1 aliphatic heterocycles. The van der Waals surface area contributed by atoms with E-state index in [-0.39, 0.29) is 40.7 Å². The van der Waals surface area contributed by atoms with E-state index >= 15 is 0 Å². The summed E-state index contributed by atoms with van der Waals surface area (Å²) in [4.78, 5) is 12.4. The molecule has 0 radical (unpaired) electrons. The Morgan fingerprint density at radius 2 is 1.61 bits per heavy atom. The standard InChI is InChI=1S/C20H25N3O6S2/c24-20(21-14-17-2-1-13-29-17)15-9-11-23(12-10-15)31(27,28)19-7-5-18(6-8-19)30(25,26)22-16-3-4-16/h1-2,5-8,13,15-16,22H,3-4,9-12,14H2,(H,21,24). The zero-order valence-corrected chi connectivity index (χ0v) is 18.5. The van der Waals surface area contributed by atoms with Crippen molar-refractivity contribution in [3.8, 4) is 0 Å². The SMILES string of the molecule is O=C(NCc1ccco1)C1CCN(S(=O)(=O)c2ccc(S(=O)(=O)NC3CC3)cc2)CC1. The summed E-state index contributed by atoms with van der Waals surface area (Å²) in [7, 11) is -7.39. The average Bonchev–Trinajstić information content (AvgIpc) is 3.41. The van der Waals surface area contributed by atoms with Gasteiger partial charge in [0.25, 0.3) is 0 Å². The van der Waals surface area contributed by atoms with Crippen molar-refractivity contribution in [2.75, 3.05) is 13.1 Å². The third-order valence-corrected chi connectivity index (χ3v) is 8.96. The van der Waals surface area contributed by atoms with Gasteiger partial charge in [0.2, 0.25) is 26.0 Å². The molecule has 1 aliphatic carbocycles. The average molecular weight is 468 g/mol. The number of hydrogen-bond acceptors (Lipinski definition) is 6. The highest BCUT2D eigenvalue weighted by Gasteiger charge is 2.33. The number of piperidine rings is 1. The first-order chi connectivity index (χ1) is 14.8. The van der Waals surface area contributed by atoms with Crippen LogP contribution in [0.2, 0.25) is 0 Å². The van der Waals surface area contributed by atoms with E-state index in [1.54, 1.807) is 12.1 Å². The molecule has 0 bridgehead atoms. The minimum absolute atomic E-state index is 0.0222. The van der Waals surface area contributed by atoms with Gasteiger partial charge in [0, 0.05) is 25.0 Å². The molecule has 168 valence electrons. The second-order valence-electron chi connectivity index (χ2n) is 7.84. The van der Waals surface area contributed by atoms with Crippen molar-refractivity contribution in [3.05, 3.63) is 48.4 Å². The molecular formula is C20H25N3O6S2. The fourth-order valence-electron chi connectivity index (χ4n) is 3.52. The van der Waals surface area contributed by atoms with E-state index in [1.807, 2.05) is 0 Å². The number of nitrogens with one attached hydrogen (secondary N) is 2. The number of carbonyl (C=O) groups excluding carboxylic acids is 1. The van der Waals surface area contributed by atoms with Gasteiger partial charge in [-0.15, -0.1) is 0 Å². The highest BCUT2D eigenvalue weighted by Crippen LogP contribution is 2.26. The van der Waals surface area contributed by atoms with Crippen molar-refractivity contribution in [2.45, 2.75) is 48.1 Å². The number of sulfonamides is 2. The smallest absolute Gasteiger partial charge is 0.243 e. The van der Waals surface area contributed by atoms with Gasteiger partial charge in [-0.25, -0.2) is 21.6 Å². The Balaban J connectivity index is 1.34. The Labute approximate surface area is 181 Å². The number of hydrogen-bond donors (Lipinski definition) is 2. The highest BCUT2D eigenvalue weighted by atomic mass is 32.2. The first-order valence-corrected chi connectivity index (χ1v) is 13.1. The third-order valence-electron chi connectivity index (χ3n) is 5.51. The van der Waals surface area contributed by atoms with Gasteiger partial charge >= 0.3 is 0 Å². The van der Waals surface area contributed by atoms with Crippen molar-refractivity contribution >= 4 is 26.0 Å². The summed E-state index contributed by atoms with van der Waals surface area (Å²) in [6.07, 6.45) is 4.02. The lowest BCUT2D eigenvalue weighted by Crippen LogP contribution is -2.42. The fourth-order valence-corrected chi connectivity index (χ4v) is 6.29. The summed E-state index contributed by atoms with van der Waals surface area (Å²) in [5, 5.41) is 2.81. The van der Waals surface area contributed by atoms with E-state index in [0.29, 0.717) is 25.1 Å². The molecule has 11 heteroatoms. The van der Waals surface area contributed by atoms with Crippen LogP contribution in [0.25, 0.3) is 0 Å². The number of rotatable bonds is 8. The van der Waals surface area contributed by atoms with Crippen molar-refractivity contribution in [1.82, 2.24) is 14.3 Å². The minimum atomic E-state index is -3.76. The van der Waals surface area contributed by atoms with Crippen LogP contribution in [-0.2, 0) is 31.4 Å². The molecule has 2 aromatic rings. The second-order valence-corrected chi connectivity index (χ2v) is 11.5. The molecule has 2 N–H and O–H groups in total. The maximum absolute atomic E-state index is 12.9. The van der Waals surface area contributed by atoms with Gasteiger partial charge in [-0.05, 0) is 62.1 Å². The fraction of sp³-hybridized carbons (Fsp3) is 0.450. The molecule has 1 saturated carbocycles. The molecule has 1 saturated heterocycles. The van der Waals surface area contributed by atoms with Crippen LogP contribution in [0.3, 0.4) is 0 Å². The predicted molar refractivity (Wildman–Crippen MR) is 112 cm³/mol. The van der Waals surface area contributed by atoms with E-state index < -0.39 is 20.0 Å². The molecule has 31 heavy (non-hydrogen) atoms. The Hall–Kier alpha value is -2.21. The van der Waals surface area contributed by atoms with Gasteiger partial charge in [-0.2, -0.15) is 4.31 Å². The molecule has 1 amide bonds. The van der Waals surface area contributed by atoms with Gasteiger partial charge in [0.1, 0.15) is 5.76 Å². The summed E-state index contributed by atoms with van der Waals surface area (Å²) in [6.45, 7) is 0.754. The van der Waals surface area contributed by atoms with Crippen LogP contribution >= 0.6 is 0 Å². The van der Waals surface area contributed by atoms with Crippen molar-refractivity contribution in [2.24, 2.45) is 5.92 Å². The molecule has 1 aromatic heterocycles. The molecule has 2 heterocycles. The highest BCUT2D eigenvalue weighted by molar-refractivity contribution is 7.89. The minimum Gasteiger partial charge on any atom is -0.467 e. The van der Waals surface area contributed by atoms with E-state index in [2.05, 4.69) is 10.0 Å². The molecule has 2 fully saturated rings. The van der Waals surface area contributed by atoms with Crippen LogP contribution in [0.4, 0.5) is 0 Å². The maximum atomic E-state index is 12.9. The number of nitrogens with zero attached hydrogens (tertiary/aromatic N) is 1. The predicted octanol–water partition coefficient (Wildman–Crippen LogP) is 1.44. The Bertz CT molecular complexity index is 1120. The van der Waals surface area contributed by atoms with Gasteiger partial charge < -0.3 is 9.73 Å². The Morgan fingerprint density at radius 1 is 0.968 bits per heavy atom. The number of benzene rings is 1. The first kappa shape index (κ1) is 22.0. The number of carbonyl (C=O) groups is 1. The summed E-state index contributed by atoms with van der Waals surface area (Å²) < 4.78 is 59.5. The monoisotopic (exact) mass is 467 g/mol. The quantitative estimate of drug-likeness (QED) is 0.605. The lowest BCUT2D eigenvalue weighted by molar-refractivity contribution is -0.126. The number of furan rings is 1. The molecule has 1 aromatic carbocycles. The largest absolute Gasteiger partial charge is 0.467 e. The number of amides is 1. The summed E-state index contributed by atoms with van der Waals surface area (Å²) in [5.74, 6) is 0.278. The van der Waals surface area contributed by atoms with Crippen LogP contribution in [0, 0.1) is 5.92 Å². The lowest BCUT2D eigenvalue weighted by Gasteiger charge is -2.30. The molecule has 9 nitrogen and oxygen atoms in total. The van der Waals surface area contributed by atoms with Gasteiger partial charge in [0.05, 0.1) is 22.6 Å². The van der Waals surface area contributed by atoms with Crippen LogP contribution in [0.15, 0.2) is 56.9 Å².